The molecular weight excluding hydrogens is 255 g/mol. The molecule has 110 valence electrons. The number of hydrogen-bond donors (Lipinski definition) is 2. The van der Waals surface area contributed by atoms with E-state index < -0.39 is 0 Å². The van der Waals surface area contributed by atoms with Gasteiger partial charge in [-0.3, -0.25) is 10.3 Å². The van der Waals surface area contributed by atoms with Gasteiger partial charge in [-0.25, -0.2) is 4.39 Å². The second-order valence-corrected chi connectivity index (χ2v) is 5.69. The topological polar surface area (TPSA) is 56.4 Å². The number of nitrogens with two attached hydrogens (primary N) is 1. The molecule has 0 atom stereocenters. The van der Waals surface area contributed by atoms with Crippen molar-refractivity contribution in [1.82, 2.24) is 9.80 Å². The molecule has 0 unspecified atom stereocenters. The van der Waals surface area contributed by atoms with Gasteiger partial charge in [0.2, 0.25) is 0 Å². The number of nitrogen functional groups attached to an aromatic ring is 1. The summed E-state index contributed by atoms with van der Waals surface area (Å²) in [4.78, 5) is 4.62. The van der Waals surface area contributed by atoms with E-state index >= 15 is 0 Å². The largest absolute Gasteiger partial charge is 0.384 e. The van der Waals surface area contributed by atoms with E-state index in [0.29, 0.717) is 11.6 Å². The van der Waals surface area contributed by atoms with Crippen LogP contribution in [-0.2, 0) is 6.54 Å². The highest BCUT2D eigenvalue weighted by molar-refractivity contribution is 5.96. The van der Waals surface area contributed by atoms with Crippen molar-refractivity contribution in [3.63, 3.8) is 0 Å². The molecule has 20 heavy (non-hydrogen) atoms. The van der Waals surface area contributed by atoms with Crippen molar-refractivity contribution in [2.45, 2.75) is 25.4 Å². The first-order valence-electron chi connectivity index (χ1n) is 6.99. The van der Waals surface area contributed by atoms with E-state index in [1.807, 2.05) is 0 Å². The molecular formula is C15H23FN4. The smallest absolute Gasteiger partial charge is 0.123 e. The second kappa shape index (κ2) is 6.33. The van der Waals surface area contributed by atoms with E-state index in [1.54, 1.807) is 6.07 Å². The van der Waals surface area contributed by atoms with Gasteiger partial charge in [0.25, 0.3) is 0 Å². The molecule has 1 heterocycles. The average Bonchev–Trinajstić information content (AvgIpc) is 2.41. The van der Waals surface area contributed by atoms with Crippen LogP contribution < -0.4 is 5.73 Å². The average molecular weight is 278 g/mol. The third kappa shape index (κ3) is 3.55. The van der Waals surface area contributed by atoms with E-state index in [1.165, 1.54) is 12.1 Å². The zero-order chi connectivity index (χ0) is 14.7. The molecule has 1 saturated heterocycles. The van der Waals surface area contributed by atoms with Crippen LogP contribution in [0.15, 0.2) is 18.2 Å². The quantitative estimate of drug-likeness (QED) is 0.650. The molecule has 1 aromatic carbocycles. The van der Waals surface area contributed by atoms with Gasteiger partial charge in [0.1, 0.15) is 11.7 Å². The first kappa shape index (κ1) is 14.9. The fourth-order valence-corrected chi connectivity index (χ4v) is 2.77. The van der Waals surface area contributed by atoms with Crippen LogP contribution in [0.2, 0.25) is 0 Å². The van der Waals surface area contributed by atoms with Gasteiger partial charge in [0.05, 0.1) is 0 Å². The van der Waals surface area contributed by atoms with E-state index in [2.05, 4.69) is 23.9 Å². The molecule has 0 radical (unpaired) electrons. The minimum absolute atomic E-state index is 0.0670. The molecule has 0 aliphatic carbocycles. The zero-order valence-corrected chi connectivity index (χ0v) is 12.2. The summed E-state index contributed by atoms with van der Waals surface area (Å²) in [7, 11) is 4.24. The van der Waals surface area contributed by atoms with E-state index in [4.69, 9.17) is 11.1 Å². The van der Waals surface area contributed by atoms with Crippen LogP contribution in [0.1, 0.15) is 24.0 Å². The van der Waals surface area contributed by atoms with Crippen LogP contribution in [0.5, 0.6) is 0 Å². The number of piperidine rings is 1. The summed E-state index contributed by atoms with van der Waals surface area (Å²) >= 11 is 0. The monoisotopic (exact) mass is 278 g/mol. The Morgan fingerprint density at radius 1 is 1.40 bits per heavy atom. The lowest BCUT2D eigenvalue weighted by molar-refractivity contribution is 0.140. The number of nitrogens with zero attached hydrogens (tertiary/aromatic N) is 2. The van der Waals surface area contributed by atoms with Gasteiger partial charge in [0.15, 0.2) is 0 Å². The van der Waals surface area contributed by atoms with E-state index in [0.717, 1.165) is 38.0 Å². The number of rotatable bonds is 4. The molecule has 4 nitrogen and oxygen atoms in total. The van der Waals surface area contributed by atoms with Gasteiger partial charge < -0.3 is 10.6 Å². The summed E-state index contributed by atoms with van der Waals surface area (Å²) in [6, 6.07) is 5.18. The highest BCUT2D eigenvalue weighted by atomic mass is 19.1. The highest BCUT2D eigenvalue weighted by Gasteiger charge is 2.21. The van der Waals surface area contributed by atoms with Gasteiger partial charge >= 0.3 is 0 Å². The van der Waals surface area contributed by atoms with Crippen molar-refractivity contribution < 1.29 is 4.39 Å². The van der Waals surface area contributed by atoms with Crippen LogP contribution >= 0.6 is 0 Å². The minimum atomic E-state index is -0.342. The summed E-state index contributed by atoms with van der Waals surface area (Å²) in [5.74, 6) is -0.409. The van der Waals surface area contributed by atoms with Gasteiger partial charge in [0, 0.05) is 18.2 Å². The number of nitrogens with one attached hydrogen (secondary N) is 1. The molecule has 5 heteroatoms. The van der Waals surface area contributed by atoms with Crippen molar-refractivity contribution in [2.75, 3.05) is 27.2 Å². The molecule has 0 bridgehead atoms. The van der Waals surface area contributed by atoms with Crippen molar-refractivity contribution in [3.05, 3.63) is 35.1 Å². The normalized spacial score (nSPS) is 17.6. The molecule has 1 aliphatic rings. The summed E-state index contributed by atoms with van der Waals surface area (Å²) < 4.78 is 13.3. The molecule has 0 amide bonds. The first-order chi connectivity index (χ1) is 9.47. The van der Waals surface area contributed by atoms with Crippen LogP contribution in [0, 0.1) is 11.2 Å². The van der Waals surface area contributed by atoms with Crippen LogP contribution in [0.4, 0.5) is 4.39 Å². The van der Waals surface area contributed by atoms with Crippen molar-refractivity contribution in [2.24, 2.45) is 5.73 Å². The Morgan fingerprint density at radius 2 is 2.05 bits per heavy atom. The predicted molar refractivity (Wildman–Crippen MR) is 79.4 cm³/mol. The second-order valence-electron chi connectivity index (χ2n) is 5.69. The van der Waals surface area contributed by atoms with Crippen LogP contribution in [0.25, 0.3) is 0 Å². The molecule has 1 aliphatic heterocycles. The van der Waals surface area contributed by atoms with Crippen molar-refractivity contribution in [3.8, 4) is 0 Å². The molecule has 1 fully saturated rings. The number of benzene rings is 1. The molecule has 0 spiro atoms. The van der Waals surface area contributed by atoms with E-state index in [9.17, 15) is 4.39 Å². The maximum Gasteiger partial charge on any atom is 0.123 e. The fourth-order valence-electron chi connectivity index (χ4n) is 2.77. The summed E-state index contributed by atoms with van der Waals surface area (Å²) in [6.45, 7) is 2.78. The number of hydrogen-bond acceptors (Lipinski definition) is 3. The molecule has 1 aromatic rings. The summed E-state index contributed by atoms with van der Waals surface area (Å²) in [6.07, 6.45) is 2.28. The highest BCUT2D eigenvalue weighted by Crippen LogP contribution is 2.19. The van der Waals surface area contributed by atoms with E-state index in [-0.39, 0.29) is 11.7 Å². The lowest BCUT2D eigenvalue weighted by Gasteiger charge is -2.35. The molecule has 2 rings (SSSR count). The third-order valence-corrected chi connectivity index (χ3v) is 4.04. The third-order valence-electron chi connectivity index (χ3n) is 4.04. The Labute approximate surface area is 119 Å². The lowest BCUT2D eigenvalue weighted by Crippen LogP contribution is -2.41. The summed E-state index contributed by atoms with van der Waals surface area (Å²) in [5.41, 5.74) is 6.99. The van der Waals surface area contributed by atoms with Crippen molar-refractivity contribution >= 4 is 5.84 Å². The Hall–Kier alpha value is -1.46. The maximum atomic E-state index is 13.3. The van der Waals surface area contributed by atoms with Crippen LogP contribution in [-0.4, -0.2) is 48.9 Å². The SMILES string of the molecule is CN(C)C1CCN(Cc2ccc(F)cc2C(=N)N)CC1. The first-order valence-corrected chi connectivity index (χ1v) is 6.99. The minimum Gasteiger partial charge on any atom is -0.384 e. The van der Waals surface area contributed by atoms with Gasteiger partial charge in [-0.2, -0.15) is 0 Å². The molecule has 3 N–H and O–H groups in total. The van der Waals surface area contributed by atoms with Crippen molar-refractivity contribution in [1.29, 1.82) is 5.41 Å². The number of amidine groups is 1. The van der Waals surface area contributed by atoms with Gasteiger partial charge in [-0.1, -0.05) is 6.07 Å². The van der Waals surface area contributed by atoms with Crippen LogP contribution in [0.3, 0.4) is 0 Å². The zero-order valence-electron chi connectivity index (χ0n) is 12.2. The predicted octanol–water partition coefficient (Wildman–Crippen LogP) is 1.64. The molecule has 0 saturated carbocycles. The Balaban J connectivity index is 2.03. The molecule has 0 aromatic heterocycles. The fraction of sp³-hybridized carbons (Fsp3) is 0.533. The standard InChI is InChI=1S/C15H23FN4/c1-19(2)13-5-7-20(8-6-13)10-11-3-4-12(16)9-14(11)15(17)18/h3-4,9,13H,5-8,10H2,1-2H3,(H3,17,18). The van der Waals surface area contributed by atoms with Gasteiger partial charge in [-0.15, -0.1) is 0 Å². The Bertz CT molecular complexity index is 479. The number of likely N-dealkylation sites (tertiary alicyclic amines) is 1. The summed E-state index contributed by atoms with van der Waals surface area (Å²) in [5, 5.41) is 7.56. The maximum absolute atomic E-state index is 13.3. The Kier molecular flexibility index (Phi) is 4.73. The lowest BCUT2D eigenvalue weighted by atomic mass is 10.0. The Morgan fingerprint density at radius 3 is 2.60 bits per heavy atom. The number of halogens is 1. The van der Waals surface area contributed by atoms with Gasteiger partial charge in [-0.05, 0) is 57.7 Å².